The number of hydrogen-bond acceptors (Lipinski definition) is 2. The molecule has 0 atom stereocenters. The molecule has 0 aliphatic heterocycles. The number of aromatic nitrogens is 1. The van der Waals surface area contributed by atoms with Gasteiger partial charge in [0.1, 0.15) is 6.26 Å². The van der Waals surface area contributed by atoms with Gasteiger partial charge in [0.2, 0.25) is 5.71 Å². The molecule has 0 aliphatic carbocycles. The predicted octanol–water partition coefficient (Wildman–Crippen LogP) is 2.38. The van der Waals surface area contributed by atoms with E-state index < -0.39 is 5.97 Å². The van der Waals surface area contributed by atoms with Crippen molar-refractivity contribution < 1.29 is 14.3 Å². The van der Waals surface area contributed by atoms with Gasteiger partial charge < -0.3 is 9.52 Å². The van der Waals surface area contributed by atoms with E-state index in [9.17, 15) is 4.79 Å². The minimum atomic E-state index is -0.921. The van der Waals surface area contributed by atoms with Crippen LogP contribution in [0.2, 0.25) is 0 Å². The summed E-state index contributed by atoms with van der Waals surface area (Å²) >= 11 is 0. The molecule has 1 aromatic carbocycles. The van der Waals surface area contributed by atoms with Crippen molar-refractivity contribution in [2.24, 2.45) is 0 Å². The number of carboxylic acids is 1. The molecular weight excluding hydrogens is 194 g/mol. The van der Waals surface area contributed by atoms with E-state index in [1.54, 1.807) is 30.7 Å². The first-order chi connectivity index (χ1) is 7.25. The van der Waals surface area contributed by atoms with E-state index in [0.29, 0.717) is 5.71 Å². The van der Waals surface area contributed by atoms with Gasteiger partial charge in [-0.3, -0.25) is 4.40 Å². The van der Waals surface area contributed by atoms with Gasteiger partial charge in [-0.05, 0) is 12.1 Å². The highest BCUT2D eigenvalue weighted by Crippen LogP contribution is 2.21. The molecule has 1 N–H and O–H groups in total. The average molecular weight is 201 g/mol. The molecule has 0 radical (unpaired) electrons. The highest BCUT2D eigenvalue weighted by atomic mass is 16.4. The number of benzene rings is 1. The second kappa shape index (κ2) is 2.63. The van der Waals surface area contributed by atoms with Crippen molar-refractivity contribution in [3.05, 3.63) is 42.3 Å². The highest BCUT2D eigenvalue weighted by Gasteiger charge is 2.08. The lowest BCUT2D eigenvalue weighted by Gasteiger charge is -1.95. The first kappa shape index (κ1) is 8.11. The third-order valence-electron chi connectivity index (χ3n) is 2.45. The Labute approximate surface area is 84.3 Å². The van der Waals surface area contributed by atoms with Crippen LogP contribution in [-0.2, 0) is 0 Å². The van der Waals surface area contributed by atoms with Crippen LogP contribution in [0.3, 0.4) is 0 Å². The average Bonchev–Trinajstić information content (AvgIpc) is 2.75. The van der Waals surface area contributed by atoms with Crippen molar-refractivity contribution in [2.45, 2.75) is 0 Å². The Bertz CT molecular complexity index is 663. The van der Waals surface area contributed by atoms with E-state index in [-0.39, 0.29) is 5.56 Å². The van der Waals surface area contributed by atoms with Gasteiger partial charge in [-0.1, -0.05) is 6.07 Å². The van der Waals surface area contributed by atoms with Gasteiger partial charge in [0.15, 0.2) is 0 Å². The van der Waals surface area contributed by atoms with Gasteiger partial charge in [0.05, 0.1) is 11.1 Å². The largest absolute Gasteiger partial charge is 0.478 e. The van der Waals surface area contributed by atoms with E-state index in [4.69, 9.17) is 9.52 Å². The maximum Gasteiger partial charge on any atom is 0.335 e. The topological polar surface area (TPSA) is 54.8 Å². The zero-order valence-electron chi connectivity index (χ0n) is 7.68. The van der Waals surface area contributed by atoms with Crippen molar-refractivity contribution in [1.82, 2.24) is 4.40 Å². The second-order valence-corrected chi connectivity index (χ2v) is 3.33. The highest BCUT2D eigenvalue weighted by molar-refractivity contribution is 5.95. The molecule has 15 heavy (non-hydrogen) atoms. The normalized spacial score (nSPS) is 11.2. The third-order valence-corrected chi connectivity index (χ3v) is 2.45. The Morgan fingerprint density at radius 1 is 1.33 bits per heavy atom. The maximum atomic E-state index is 10.8. The number of hydrogen-bond donors (Lipinski definition) is 1. The fourth-order valence-electron chi connectivity index (χ4n) is 1.73. The van der Waals surface area contributed by atoms with Gasteiger partial charge in [0.25, 0.3) is 0 Å². The van der Waals surface area contributed by atoms with Crippen LogP contribution in [0.15, 0.2) is 41.1 Å². The maximum absolute atomic E-state index is 10.8. The molecule has 74 valence electrons. The van der Waals surface area contributed by atoms with Crippen molar-refractivity contribution in [3.63, 3.8) is 0 Å². The van der Waals surface area contributed by atoms with Gasteiger partial charge >= 0.3 is 5.97 Å². The molecule has 0 bridgehead atoms. The van der Waals surface area contributed by atoms with E-state index in [0.717, 1.165) is 10.9 Å². The van der Waals surface area contributed by atoms with Crippen LogP contribution >= 0.6 is 0 Å². The number of aromatic carboxylic acids is 1. The molecule has 4 nitrogen and oxygen atoms in total. The summed E-state index contributed by atoms with van der Waals surface area (Å²) in [5.41, 5.74) is 1.84. The zero-order valence-corrected chi connectivity index (χ0v) is 7.68. The third kappa shape index (κ3) is 1.05. The van der Waals surface area contributed by atoms with Crippen LogP contribution in [0.4, 0.5) is 0 Å². The van der Waals surface area contributed by atoms with Crippen LogP contribution in [-0.4, -0.2) is 15.5 Å². The lowest BCUT2D eigenvalue weighted by molar-refractivity contribution is 0.0697. The van der Waals surface area contributed by atoms with Gasteiger partial charge in [0, 0.05) is 17.6 Å². The molecule has 2 aromatic heterocycles. The minimum absolute atomic E-state index is 0.281. The lowest BCUT2D eigenvalue weighted by Crippen LogP contribution is -1.95. The molecule has 0 unspecified atom stereocenters. The fraction of sp³-hybridized carbons (Fsp3) is 0. The monoisotopic (exact) mass is 201 g/mol. The first-order valence-corrected chi connectivity index (χ1v) is 4.47. The molecule has 3 aromatic rings. The SMILES string of the molecule is O=C(O)c1ccc2cc3occn3c2c1. The van der Waals surface area contributed by atoms with Gasteiger partial charge in [-0.25, -0.2) is 4.79 Å². The number of carboxylic acid groups (broad SMARTS) is 1. The Hall–Kier alpha value is -2.23. The van der Waals surface area contributed by atoms with Crippen LogP contribution < -0.4 is 0 Å². The Morgan fingerprint density at radius 3 is 3.00 bits per heavy atom. The Kier molecular flexibility index (Phi) is 1.42. The van der Waals surface area contributed by atoms with Crippen molar-refractivity contribution in [1.29, 1.82) is 0 Å². The number of fused-ring (bicyclic) bond motifs is 3. The molecule has 0 amide bonds. The Morgan fingerprint density at radius 2 is 2.20 bits per heavy atom. The van der Waals surface area contributed by atoms with Crippen LogP contribution in [0, 0.1) is 0 Å². The molecule has 0 spiro atoms. The van der Waals surface area contributed by atoms with Crippen LogP contribution in [0.1, 0.15) is 10.4 Å². The molecule has 0 saturated heterocycles. The Balaban J connectivity index is 2.44. The van der Waals surface area contributed by atoms with Crippen LogP contribution in [0.5, 0.6) is 0 Å². The van der Waals surface area contributed by atoms with E-state index in [1.807, 2.05) is 10.5 Å². The van der Waals surface area contributed by atoms with Gasteiger partial charge in [-0.2, -0.15) is 0 Å². The molecule has 2 heterocycles. The number of nitrogens with zero attached hydrogens (tertiary/aromatic N) is 1. The van der Waals surface area contributed by atoms with Crippen LogP contribution in [0.25, 0.3) is 16.6 Å². The van der Waals surface area contributed by atoms with E-state index in [1.165, 1.54) is 0 Å². The van der Waals surface area contributed by atoms with Gasteiger partial charge in [-0.15, -0.1) is 0 Å². The number of oxazole rings is 1. The summed E-state index contributed by atoms with van der Waals surface area (Å²) in [5, 5.41) is 9.84. The summed E-state index contributed by atoms with van der Waals surface area (Å²) < 4.78 is 7.04. The number of carbonyl (C=O) groups is 1. The second-order valence-electron chi connectivity index (χ2n) is 3.33. The standard InChI is InChI=1S/C11H7NO3/c13-11(14)8-2-1-7-6-10-12(3-4-15-10)9(7)5-8/h1-6H,(H,13,14). The lowest BCUT2D eigenvalue weighted by atomic mass is 10.2. The van der Waals surface area contributed by atoms with E-state index in [2.05, 4.69) is 0 Å². The summed E-state index contributed by atoms with van der Waals surface area (Å²) in [6.07, 6.45) is 3.34. The zero-order chi connectivity index (χ0) is 10.4. The summed E-state index contributed by atoms with van der Waals surface area (Å²) in [6, 6.07) is 6.88. The predicted molar refractivity (Wildman–Crippen MR) is 54.1 cm³/mol. The molecule has 0 aliphatic rings. The summed E-state index contributed by atoms with van der Waals surface area (Å²) in [6.45, 7) is 0. The molecular formula is C11H7NO3. The summed E-state index contributed by atoms with van der Waals surface area (Å²) in [4.78, 5) is 10.8. The van der Waals surface area contributed by atoms with Crippen molar-refractivity contribution in [3.8, 4) is 0 Å². The fourth-order valence-corrected chi connectivity index (χ4v) is 1.73. The van der Waals surface area contributed by atoms with Crippen molar-refractivity contribution in [2.75, 3.05) is 0 Å². The smallest absolute Gasteiger partial charge is 0.335 e. The molecule has 0 saturated carbocycles. The first-order valence-electron chi connectivity index (χ1n) is 4.47. The summed E-state index contributed by atoms with van der Waals surface area (Å²) in [7, 11) is 0. The quantitative estimate of drug-likeness (QED) is 0.657. The minimum Gasteiger partial charge on any atom is -0.478 e. The molecule has 0 fully saturated rings. The molecule has 4 heteroatoms. The number of rotatable bonds is 1. The van der Waals surface area contributed by atoms with E-state index >= 15 is 0 Å². The molecule has 3 rings (SSSR count). The van der Waals surface area contributed by atoms with Crippen molar-refractivity contribution >= 4 is 22.6 Å². The summed E-state index contributed by atoms with van der Waals surface area (Å²) in [5.74, 6) is -0.921.